The SMILES string of the molecule is O=C(CCCCCO)N1Cc2ccccc2C#Cc2ccccc21. The Morgan fingerprint density at radius 1 is 0.958 bits per heavy atom. The number of nitrogens with zero attached hydrogens (tertiary/aromatic N) is 1. The topological polar surface area (TPSA) is 40.5 Å². The highest BCUT2D eigenvalue weighted by Gasteiger charge is 2.20. The third-order valence-corrected chi connectivity index (χ3v) is 4.22. The lowest BCUT2D eigenvalue weighted by Gasteiger charge is -2.26. The molecular formula is C21H21NO2. The van der Waals surface area contributed by atoms with E-state index >= 15 is 0 Å². The van der Waals surface area contributed by atoms with Crippen LogP contribution in [-0.2, 0) is 11.3 Å². The van der Waals surface area contributed by atoms with Gasteiger partial charge >= 0.3 is 0 Å². The molecule has 2 aromatic rings. The standard InChI is InChI=1S/C21H21NO2/c23-15-7-1-2-12-21(24)22-16-19-10-4-3-8-17(19)13-14-18-9-5-6-11-20(18)22/h3-6,8-11,23H,1-2,7,12,15-16H2. The molecule has 0 saturated carbocycles. The van der Waals surface area contributed by atoms with Gasteiger partial charge in [-0.3, -0.25) is 4.79 Å². The van der Waals surface area contributed by atoms with E-state index in [0.717, 1.165) is 41.6 Å². The zero-order chi connectivity index (χ0) is 16.8. The highest BCUT2D eigenvalue weighted by atomic mass is 16.2. The Hall–Kier alpha value is -2.57. The lowest BCUT2D eigenvalue weighted by molar-refractivity contribution is -0.118. The molecule has 0 atom stereocenters. The van der Waals surface area contributed by atoms with Crippen LogP contribution in [0.25, 0.3) is 0 Å². The van der Waals surface area contributed by atoms with Gasteiger partial charge < -0.3 is 10.0 Å². The molecule has 1 heterocycles. The van der Waals surface area contributed by atoms with Crippen LogP contribution in [0.3, 0.4) is 0 Å². The highest BCUT2D eigenvalue weighted by Crippen LogP contribution is 2.26. The number of fused-ring (bicyclic) bond motifs is 2. The van der Waals surface area contributed by atoms with Gasteiger partial charge in [0.05, 0.1) is 12.2 Å². The van der Waals surface area contributed by atoms with Gasteiger partial charge in [0.1, 0.15) is 0 Å². The summed E-state index contributed by atoms with van der Waals surface area (Å²) in [4.78, 5) is 14.7. The van der Waals surface area contributed by atoms with E-state index in [4.69, 9.17) is 5.11 Å². The number of amides is 1. The average molecular weight is 319 g/mol. The zero-order valence-electron chi connectivity index (χ0n) is 13.7. The van der Waals surface area contributed by atoms with E-state index in [1.165, 1.54) is 0 Å². The number of carbonyl (C=O) groups excluding carboxylic acids is 1. The van der Waals surface area contributed by atoms with Gasteiger partial charge in [-0.2, -0.15) is 0 Å². The van der Waals surface area contributed by atoms with Crippen molar-refractivity contribution in [1.82, 2.24) is 0 Å². The van der Waals surface area contributed by atoms with Gasteiger partial charge in [0.25, 0.3) is 0 Å². The number of aliphatic hydroxyl groups excluding tert-OH is 1. The van der Waals surface area contributed by atoms with E-state index in [9.17, 15) is 4.79 Å². The lowest BCUT2D eigenvalue weighted by Crippen LogP contribution is -2.31. The van der Waals surface area contributed by atoms with E-state index < -0.39 is 0 Å². The van der Waals surface area contributed by atoms with E-state index in [1.807, 2.05) is 53.4 Å². The first-order chi connectivity index (χ1) is 11.8. The maximum atomic E-state index is 12.8. The van der Waals surface area contributed by atoms with Gasteiger partial charge in [0.15, 0.2) is 0 Å². The van der Waals surface area contributed by atoms with Crippen LogP contribution in [0.2, 0.25) is 0 Å². The number of unbranched alkanes of at least 4 members (excludes halogenated alkanes) is 2. The molecular weight excluding hydrogens is 298 g/mol. The summed E-state index contributed by atoms with van der Waals surface area (Å²) >= 11 is 0. The molecule has 0 saturated heterocycles. The molecule has 0 aromatic heterocycles. The van der Waals surface area contributed by atoms with Crippen molar-refractivity contribution in [3.63, 3.8) is 0 Å². The summed E-state index contributed by atoms with van der Waals surface area (Å²) in [6, 6.07) is 15.8. The van der Waals surface area contributed by atoms with E-state index in [1.54, 1.807) is 0 Å². The number of anilines is 1. The number of para-hydroxylation sites is 1. The highest BCUT2D eigenvalue weighted by molar-refractivity contribution is 5.95. The number of carbonyl (C=O) groups is 1. The van der Waals surface area contributed by atoms with Gasteiger partial charge in [0, 0.05) is 24.2 Å². The van der Waals surface area contributed by atoms with Crippen molar-refractivity contribution in [3.05, 3.63) is 65.2 Å². The van der Waals surface area contributed by atoms with E-state index in [2.05, 4.69) is 11.8 Å². The van der Waals surface area contributed by atoms with Gasteiger partial charge in [-0.05, 0) is 36.6 Å². The van der Waals surface area contributed by atoms with Crippen molar-refractivity contribution >= 4 is 11.6 Å². The lowest BCUT2D eigenvalue weighted by atomic mass is 10.0. The summed E-state index contributed by atoms with van der Waals surface area (Å²) in [6.07, 6.45) is 2.90. The van der Waals surface area contributed by atoms with Crippen molar-refractivity contribution in [2.45, 2.75) is 32.2 Å². The normalized spacial score (nSPS) is 12.3. The molecule has 0 aliphatic carbocycles. The van der Waals surface area contributed by atoms with Crippen molar-refractivity contribution in [3.8, 4) is 11.8 Å². The Labute approximate surface area is 142 Å². The van der Waals surface area contributed by atoms with Crippen LogP contribution < -0.4 is 4.90 Å². The molecule has 2 aromatic carbocycles. The minimum atomic E-state index is 0.110. The monoisotopic (exact) mass is 319 g/mol. The third kappa shape index (κ3) is 3.67. The first kappa shape index (κ1) is 16.3. The fourth-order valence-electron chi connectivity index (χ4n) is 2.91. The number of benzene rings is 2. The predicted octanol–water partition coefficient (Wildman–Crippen LogP) is 3.49. The van der Waals surface area contributed by atoms with Crippen LogP contribution in [0.1, 0.15) is 42.4 Å². The summed E-state index contributed by atoms with van der Waals surface area (Å²) in [6.45, 7) is 0.727. The van der Waals surface area contributed by atoms with E-state index in [0.29, 0.717) is 13.0 Å². The fourth-order valence-corrected chi connectivity index (χ4v) is 2.91. The van der Waals surface area contributed by atoms with Crippen LogP contribution in [0.4, 0.5) is 5.69 Å². The Bertz CT molecular complexity index is 786. The summed E-state index contributed by atoms with van der Waals surface area (Å²) < 4.78 is 0. The number of rotatable bonds is 5. The molecule has 0 fully saturated rings. The van der Waals surface area contributed by atoms with Gasteiger partial charge in [-0.15, -0.1) is 0 Å². The fraction of sp³-hybridized carbons (Fsp3) is 0.286. The maximum absolute atomic E-state index is 12.8. The average Bonchev–Trinajstić information content (AvgIpc) is 2.60. The maximum Gasteiger partial charge on any atom is 0.227 e. The smallest absolute Gasteiger partial charge is 0.227 e. The summed E-state index contributed by atoms with van der Waals surface area (Å²) in [5.41, 5.74) is 3.82. The molecule has 24 heavy (non-hydrogen) atoms. The van der Waals surface area contributed by atoms with Crippen molar-refractivity contribution in [1.29, 1.82) is 0 Å². The van der Waals surface area contributed by atoms with E-state index in [-0.39, 0.29) is 12.5 Å². The Balaban J connectivity index is 1.91. The molecule has 3 rings (SSSR count). The largest absolute Gasteiger partial charge is 0.396 e. The van der Waals surface area contributed by atoms with Crippen molar-refractivity contribution in [2.24, 2.45) is 0 Å². The van der Waals surface area contributed by atoms with Crippen LogP contribution in [0.15, 0.2) is 48.5 Å². The molecule has 122 valence electrons. The molecule has 3 heteroatoms. The summed E-state index contributed by atoms with van der Waals surface area (Å²) in [5.74, 6) is 6.54. The van der Waals surface area contributed by atoms with Crippen molar-refractivity contribution in [2.75, 3.05) is 11.5 Å². The molecule has 1 aliphatic rings. The van der Waals surface area contributed by atoms with Crippen LogP contribution >= 0.6 is 0 Å². The Kier molecular flexibility index (Phi) is 5.30. The second kappa shape index (κ2) is 7.81. The molecule has 0 radical (unpaired) electrons. The third-order valence-electron chi connectivity index (χ3n) is 4.22. The Morgan fingerprint density at radius 3 is 2.50 bits per heavy atom. The minimum absolute atomic E-state index is 0.110. The van der Waals surface area contributed by atoms with Crippen LogP contribution in [-0.4, -0.2) is 17.6 Å². The second-order valence-corrected chi connectivity index (χ2v) is 5.94. The summed E-state index contributed by atoms with van der Waals surface area (Å²) in [7, 11) is 0. The van der Waals surface area contributed by atoms with Gasteiger partial charge in [0.2, 0.25) is 5.91 Å². The van der Waals surface area contributed by atoms with Crippen LogP contribution in [0, 0.1) is 11.8 Å². The second-order valence-electron chi connectivity index (χ2n) is 5.94. The minimum Gasteiger partial charge on any atom is -0.396 e. The number of hydrogen-bond donors (Lipinski definition) is 1. The first-order valence-electron chi connectivity index (χ1n) is 8.40. The summed E-state index contributed by atoms with van der Waals surface area (Å²) in [5, 5.41) is 8.88. The predicted molar refractivity (Wildman–Crippen MR) is 95.6 cm³/mol. The molecule has 3 nitrogen and oxygen atoms in total. The molecule has 1 N–H and O–H groups in total. The first-order valence-corrected chi connectivity index (χ1v) is 8.40. The number of hydrogen-bond acceptors (Lipinski definition) is 2. The molecule has 1 amide bonds. The quantitative estimate of drug-likeness (QED) is 0.677. The van der Waals surface area contributed by atoms with Gasteiger partial charge in [-0.25, -0.2) is 0 Å². The molecule has 0 bridgehead atoms. The number of aliphatic hydroxyl groups is 1. The van der Waals surface area contributed by atoms with Crippen molar-refractivity contribution < 1.29 is 9.90 Å². The molecule has 0 unspecified atom stereocenters. The van der Waals surface area contributed by atoms with Crippen LogP contribution in [0.5, 0.6) is 0 Å². The molecule has 1 aliphatic heterocycles. The van der Waals surface area contributed by atoms with Gasteiger partial charge in [-0.1, -0.05) is 48.6 Å². The zero-order valence-corrected chi connectivity index (χ0v) is 13.7. The Morgan fingerprint density at radius 2 is 1.67 bits per heavy atom. The molecule has 0 spiro atoms.